The van der Waals surface area contributed by atoms with Gasteiger partial charge in [0.1, 0.15) is 0 Å². The fraction of sp³-hybridized carbons (Fsp3) is 0.381. The van der Waals surface area contributed by atoms with Gasteiger partial charge in [0.15, 0.2) is 0 Å². The summed E-state index contributed by atoms with van der Waals surface area (Å²) in [5.74, 6) is -0.783. The third kappa shape index (κ3) is 6.32. The average Bonchev–Trinajstić information content (AvgIpc) is 2.73. The molecule has 0 saturated carbocycles. The van der Waals surface area contributed by atoms with Gasteiger partial charge in [-0.15, -0.1) is 0 Å². The van der Waals surface area contributed by atoms with Gasteiger partial charge >= 0.3 is 11.8 Å². The van der Waals surface area contributed by atoms with E-state index in [0.717, 1.165) is 38.0 Å². The van der Waals surface area contributed by atoms with Gasteiger partial charge in [0, 0.05) is 37.1 Å². The molecule has 2 amide bonds. The Bertz CT molecular complexity index is 775. The smallest absolute Gasteiger partial charge is 0.309 e. The number of hydrogen-bond donors (Lipinski definition) is 2. The molecule has 7 heteroatoms. The molecule has 0 spiro atoms. The van der Waals surface area contributed by atoms with Crippen molar-refractivity contribution in [2.24, 2.45) is 5.92 Å². The van der Waals surface area contributed by atoms with Crippen LogP contribution in [0.5, 0.6) is 0 Å². The van der Waals surface area contributed by atoms with Crippen molar-refractivity contribution < 1.29 is 9.59 Å². The van der Waals surface area contributed by atoms with E-state index in [2.05, 4.69) is 26.6 Å². The van der Waals surface area contributed by atoms with Gasteiger partial charge in [0.2, 0.25) is 0 Å². The first-order chi connectivity index (χ1) is 13.6. The molecule has 2 heterocycles. The van der Waals surface area contributed by atoms with E-state index in [-0.39, 0.29) is 0 Å². The quantitative estimate of drug-likeness (QED) is 0.730. The lowest BCUT2D eigenvalue weighted by Gasteiger charge is -2.31. The van der Waals surface area contributed by atoms with E-state index < -0.39 is 11.8 Å². The second kappa shape index (κ2) is 10.2. The van der Waals surface area contributed by atoms with E-state index in [4.69, 9.17) is 11.6 Å². The van der Waals surface area contributed by atoms with Crippen LogP contribution in [0.2, 0.25) is 5.02 Å². The number of rotatable bonds is 6. The Morgan fingerprint density at radius 2 is 1.75 bits per heavy atom. The highest BCUT2D eigenvalue weighted by Gasteiger charge is 2.21. The highest BCUT2D eigenvalue weighted by molar-refractivity contribution is 6.35. The van der Waals surface area contributed by atoms with Gasteiger partial charge in [-0.25, -0.2) is 0 Å². The molecule has 1 aromatic carbocycles. The van der Waals surface area contributed by atoms with Gasteiger partial charge in [-0.05, 0) is 61.2 Å². The Kier molecular flexibility index (Phi) is 7.39. The Balaban J connectivity index is 1.33. The Labute approximate surface area is 170 Å². The number of hydrogen-bond acceptors (Lipinski definition) is 4. The Morgan fingerprint density at radius 3 is 2.43 bits per heavy atom. The number of carbonyl (C=O) groups is 2. The predicted molar refractivity (Wildman–Crippen MR) is 109 cm³/mol. The summed E-state index contributed by atoms with van der Waals surface area (Å²) in [6.07, 6.45) is 5.69. The van der Waals surface area contributed by atoms with Crippen LogP contribution in [-0.4, -0.2) is 41.3 Å². The number of likely N-dealkylation sites (tertiary alicyclic amines) is 1. The van der Waals surface area contributed by atoms with Crippen LogP contribution in [-0.2, 0) is 22.7 Å². The van der Waals surface area contributed by atoms with Gasteiger partial charge in [0.05, 0.1) is 0 Å². The number of pyridine rings is 1. The molecule has 1 aromatic heterocycles. The molecule has 1 aliphatic rings. The molecule has 0 atom stereocenters. The van der Waals surface area contributed by atoms with Crippen molar-refractivity contribution in [1.82, 2.24) is 20.5 Å². The van der Waals surface area contributed by atoms with Crippen LogP contribution in [0.3, 0.4) is 0 Å². The topological polar surface area (TPSA) is 74.3 Å². The van der Waals surface area contributed by atoms with E-state index in [0.29, 0.717) is 24.0 Å². The molecule has 0 unspecified atom stereocenters. The number of piperidine rings is 1. The number of nitrogens with one attached hydrogen (secondary N) is 2. The molecule has 6 nitrogen and oxygen atoms in total. The zero-order chi connectivity index (χ0) is 19.8. The average molecular weight is 401 g/mol. The summed E-state index contributed by atoms with van der Waals surface area (Å²) in [6, 6.07) is 11.2. The molecule has 1 saturated heterocycles. The van der Waals surface area contributed by atoms with Gasteiger partial charge in [-0.3, -0.25) is 19.5 Å². The zero-order valence-corrected chi connectivity index (χ0v) is 16.5. The van der Waals surface area contributed by atoms with Gasteiger partial charge in [-0.2, -0.15) is 0 Å². The monoisotopic (exact) mass is 400 g/mol. The summed E-state index contributed by atoms with van der Waals surface area (Å²) in [4.78, 5) is 30.5. The van der Waals surface area contributed by atoms with E-state index in [1.807, 2.05) is 24.4 Å². The largest absolute Gasteiger partial charge is 0.348 e. The van der Waals surface area contributed by atoms with Crippen molar-refractivity contribution in [2.75, 3.05) is 19.6 Å². The molecule has 0 radical (unpaired) electrons. The van der Waals surface area contributed by atoms with Crippen molar-refractivity contribution in [3.8, 4) is 0 Å². The van der Waals surface area contributed by atoms with Crippen LogP contribution in [0.1, 0.15) is 24.0 Å². The maximum Gasteiger partial charge on any atom is 0.309 e. The van der Waals surface area contributed by atoms with Crippen LogP contribution < -0.4 is 10.6 Å². The van der Waals surface area contributed by atoms with Crippen molar-refractivity contribution in [3.05, 3.63) is 64.9 Å². The van der Waals surface area contributed by atoms with Crippen molar-refractivity contribution in [3.63, 3.8) is 0 Å². The van der Waals surface area contributed by atoms with E-state index in [1.165, 1.54) is 5.56 Å². The van der Waals surface area contributed by atoms with Crippen LogP contribution >= 0.6 is 11.6 Å². The molecule has 1 fully saturated rings. The molecule has 3 rings (SSSR count). The lowest BCUT2D eigenvalue weighted by molar-refractivity contribution is -0.139. The third-order valence-corrected chi connectivity index (χ3v) is 5.21. The summed E-state index contributed by atoms with van der Waals surface area (Å²) in [6.45, 7) is 3.71. The minimum Gasteiger partial charge on any atom is -0.348 e. The summed E-state index contributed by atoms with van der Waals surface area (Å²) >= 11 is 5.83. The maximum atomic E-state index is 12.0. The highest BCUT2D eigenvalue weighted by Crippen LogP contribution is 2.18. The van der Waals surface area contributed by atoms with Gasteiger partial charge in [-0.1, -0.05) is 29.8 Å². The standard InChI is InChI=1S/C21H25ClN4O2/c22-19-5-3-16(4-6-19)13-24-20(27)21(28)25-14-17-7-10-26(11-8-17)15-18-2-1-9-23-12-18/h1-6,9,12,17H,7-8,10-11,13-15H2,(H,24,27)(H,25,28). The van der Waals surface area contributed by atoms with Crippen LogP contribution in [0.15, 0.2) is 48.8 Å². The predicted octanol–water partition coefficient (Wildman–Crippen LogP) is 2.38. The fourth-order valence-corrected chi connectivity index (χ4v) is 3.41. The summed E-state index contributed by atoms with van der Waals surface area (Å²) in [5.41, 5.74) is 2.11. The van der Waals surface area contributed by atoms with Gasteiger partial charge in [0.25, 0.3) is 0 Å². The summed E-state index contributed by atoms with van der Waals surface area (Å²) < 4.78 is 0. The van der Waals surface area contributed by atoms with E-state index >= 15 is 0 Å². The normalized spacial score (nSPS) is 15.2. The molecule has 0 bridgehead atoms. The number of amides is 2. The molecule has 148 valence electrons. The van der Waals surface area contributed by atoms with E-state index in [9.17, 15) is 9.59 Å². The number of aromatic nitrogens is 1. The fourth-order valence-electron chi connectivity index (χ4n) is 3.28. The lowest BCUT2D eigenvalue weighted by atomic mass is 9.96. The van der Waals surface area contributed by atoms with Crippen molar-refractivity contribution in [1.29, 1.82) is 0 Å². The zero-order valence-electron chi connectivity index (χ0n) is 15.7. The summed E-state index contributed by atoms with van der Waals surface area (Å²) in [7, 11) is 0. The molecular formula is C21H25ClN4O2. The SMILES string of the molecule is O=C(NCc1ccc(Cl)cc1)C(=O)NCC1CCN(Cc2cccnc2)CC1. The molecule has 2 aromatic rings. The van der Waals surface area contributed by atoms with E-state index in [1.54, 1.807) is 18.3 Å². The molecule has 0 aliphatic carbocycles. The second-order valence-electron chi connectivity index (χ2n) is 7.10. The second-order valence-corrected chi connectivity index (χ2v) is 7.54. The van der Waals surface area contributed by atoms with Crippen LogP contribution in [0, 0.1) is 5.92 Å². The highest BCUT2D eigenvalue weighted by atomic mass is 35.5. The number of carbonyl (C=O) groups excluding carboxylic acids is 2. The lowest BCUT2D eigenvalue weighted by Crippen LogP contribution is -2.43. The first-order valence-electron chi connectivity index (χ1n) is 9.52. The van der Waals surface area contributed by atoms with Crippen molar-refractivity contribution >= 4 is 23.4 Å². The Morgan fingerprint density at radius 1 is 1.04 bits per heavy atom. The maximum absolute atomic E-state index is 12.0. The summed E-state index contributed by atoms with van der Waals surface area (Å²) in [5, 5.41) is 6.03. The minimum absolute atomic E-state index is 0.302. The minimum atomic E-state index is -0.607. The van der Waals surface area contributed by atoms with Gasteiger partial charge < -0.3 is 10.6 Å². The molecule has 28 heavy (non-hydrogen) atoms. The number of nitrogens with zero attached hydrogens (tertiary/aromatic N) is 2. The third-order valence-electron chi connectivity index (χ3n) is 4.96. The van der Waals surface area contributed by atoms with Crippen LogP contribution in [0.25, 0.3) is 0 Å². The first kappa shape index (κ1) is 20.3. The molecule has 1 aliphatic heterocycles. The molecular weight excluding hydrogens is 376 g/mol. The van der Waals surface area contributed by atoms with Crippen LogP contribution in [0.4, 0.5) is 0 Å². The van der Waals surface area contributed by atoms with Crippen molar-refractivity contribution in [2.45, 2.75) is 25.9 Å². The number of benzene rings is 1. The first-order valence-corrected chi connectivity index (χ1v) is 9.89. The number of halogens is 1. The molecule has 2 N–H and O–H groups in total. The Hall–Kier alpha value is -2.44.